The molecule has 3 nitrogen and oxygen atoms in total. The van der Waals surface area contributed by atoms with Crippen LogP contribution in [0, 0.1) is 23.7 Å². The van der Waals surface area contributed by atoms with E-state index in [0.717, 1.165) is 11.0 Å². The molecule has 2 rings (SSSR count). The maximum Gasteiger partial charge on any atom is 0.495 e. The number of hydrogen-bond acceptors (Lipinski definition) is 3. The second kappa shape index (κ2) is 4.98. The van der Waals surface area contributed by atoms with Gasteiger partial charge in [-0.05, 0) is 50.9 Å². The molecule has 0 atom stereocenters. The van der Waals surface area contributed by atoms with Gasteiger partial charge in [-0.1, -0.05) is 6.07 Å². The topological polar surface area (TPSA) is 42.2 Å². The molecule has 0 spiro atoms. The average molecular weight is 267 g/mol. The van der Waals surface area contributed by atoms with Crippen LogP contribution in [0.3, 0.4) is 0 Å². The number of nitriles is 1. The van der Waals surface area contributed by atoms with Crippen LogP contribution in [0.4, 0.5) is 0 Å². The van der Waals surface area contributed by atoms with Gasteiger partial charge < -0.3 is 9.31 Å². The van der Waals surface area contributed by atoms with E-state index in [4.69, 9.17) is 21.0 Å². The maximum absolute atomic E-state index is 8.99. The summed E-state index contributed by atoms with van der Waals surface area (Å²) in [5.41, 5.74) is 1.62. The van der Waals surface area contributed by atoms with Crippen LogP contribution in [0.15, 0.2) is 18.2 Å². The van der Waals surface area contributed by atoms with E-state index < -0.39 is 7.12 Å². The first-order valence-electron chi connectivity index (χ1n) is 6.63. The van der Waals surface area contributed by atoms with E-state index in [1.54, 1.807) is 12.1 Å². The van der Waals surface area contributed by atoms with Gasteiger partial charge in [-0.25, -0.2) is 0 Å². The number of benzene rings is 1. The molecule has 1 aliphatic rings. The Kier molecular flexibility index (Phi) is 3.65. The molecule has 0 amide bonds. The van der Waals surface area contributed by atoms with Crippen LogP contribution in [0.2, 0.25) is 0 Å². The van der Waals surface area contributed by atoms with E-state index in [9.17, 15) is 0 Å². The SMILES string of the molecule is C#CCc1cc(C#N)ccc1B1OC(C)(C)C(C)(C)O1. The molecule has 4 heteroatoms. The van der Waals surface area contributed by atoms with E-state index in [2.05, 4.69) is 12.0 Å². The third kappa shape index (κ3) is 2.45. The zero-order chi connectivity index (χ0) is 15.0. The molecule has 0 bridgehead atoms. The quantitative estimate of drug-likeness (QED) is 0.608. The van der Waals surface area contributed by atoms with Crippen molar-refractivity contribution in [1.29, 1.82) is 5.26 Å². The minimum atomic E-state index is -0.448. The Labute approximate surface area is 121 Å². The lowest BCUT2D eigenvalue weighted by Crippen LogP contribution is -2.41. The minimum Gasteiger partial charge on any atom is -0.399 e. The Balaban J connectivity index is 2.40. The average Bonchev–Trinajstić information content (AvgIpc) is 2.58. The Hall–Kier alpha value is -1.75. The Morgan fingerprint density at radius 2 is 1.80 bits per heavy atom. The zero-order valence-electron chi connectivity index (χ0n) is 12.4. The van der Waals surface area contributed by atoms with Crippen molar-refractivity contribution >= 4 is 12.6 Å². The number of nitrogens with zero attached hydrogens (tertiary/aromatic N) is 1. The van der Waals surface area contributed by atoms with E-state index >= 15 is 0 Å². The van der Waals surface area contributed by atoms with Gasteiger partial charge in [-0.3, -0.25) is 0 Å². The molecule has 102 valence electrons. The molecule has 1 heterocycles. The molecule has 0 unspecified atom stereocenters. The summed E-state index contributed by atoms with van der Waals surface area (Å²) in [7, 11) is -0.448. The summed E-state index contributed by atoms with van der Waals surface area (Å²) >= 11 is 0. The highest BCUT2D eigenvalue weighted by Crippen LogP contribution is 2.36. The summed E-state index contributed by atoms with van der Waals surface area (Å²) in [4.78, 5) is 0. The molecule has 0 N–H and O–H groups in total. The number of terminal acetylenes is 1. The predicted octanol–water partition coefficient (Wildman–Crippen LogP) is 2.03. The molecule has 0 aliphatic carbocycles. The summed E-state index contributed by atoms with van der Waals surface area (Å²) in [6.07, 6.45) is 5.86. The largest absolute Gasteiger partial charge is 0.495 e. The summed E-state index contributed by atoms with van der Waals surface area (Å²) in [6, 6.07) is 7.56. The Bertz CT molecular complexity index is 592. The summed E-state index contributed by atoms with van der Waals surface area (Å²) < 4.78 is 12.1. The third-order valence-electron chi connectivity index (χ3n) is 4.07. The maximum atomic E-state index is 8.99. The van der Waals surface area contributed by atoms with Gasteiger partial charge in [0.1, 0.15) is 0 Å². The summed E-state index contributed by atoms with van der Waals surface area (Å²) in [5.74, 6) is 2.62. The van der Waals surface area contributed by atoms with Crippen LogP contribution in [-0.4, -0.2) is 18.3 Å². The van der Waals surface area contributed by atoms with Crippen LogP contribution >= 0.6 is 0 Å². The van der Waals surface area contributed by atoms with Crippen molar-refractivity contribution in [3.05, 3.63) is 29.3 Å². The van der Waals surface area contributed by atoms with Gasteiger partial charge in [-0.2, -0.15) is 5.26 Å². The lowest BCUT2D eigenvalue weighted by atomic mass is 9.75. The van der Waals surface area contributed by atoms with Crippen LogP contribution in [0.1, 0.15) is 38.8 Å². The van der Waals surface area contributed by atoms with Gasteiger partial charge in [0.2, 0.25) is 0 Å². The molecule has 1 aromatic carbocycles. The van der Waals surface area contributed by atoms with Gasteiger partial charge in [0.15, 0.2) is 0 Å². The smallest absolute Gasteiger partial charge is 0.399 e. The van der Waals surface area contributed by atoms with Crippen LogP contribution < -0.4 is 5.46 Å². The standard InChI is InChI=1S/C16H18BNO2/c1-6-7-13-10-12(11-18)8-9-14(13)17-19-15(2,3)16(4,5)20-17/h1,8-10H,7H2,2-5H3. The Morgan fingerprint density at radius 3 is 2.30 bits per heavy atom. The Morgan fingerprint density at radius 1 is 1.20 bits per heavy atom. The van der Waals surface area contributed by atoms with Gasteiger partial charge in [0.25, 0.3) is 0 Å². The first-order valence-corrected chi connectivity index (χ1v) is 6.63. The van der Waals surface area contributed by atoms with E-state index in [1.807, 2.05) is 33.8 Å². The fourth-order valence-electron chi connectivity index (χ4n) is 2.14. The van der Waals surface area contributed by atoms with E-state index in [1.165, 1.54) is 0 Å². The highest BCUT2D eigenvalue weighted by molar-refractivity contribution is 6.62. The van der Waals surface area contributed by atoms with Crippen LogP contribution in [0.5, 0.6) is 0 Å². The lowest BCUT2D eigenvalue weighted by molar-refractivity contribution is 0.00578. The van der Waals surface area contributed by atoms with Gasteiger partial charge in [-0.15, -0.1) is 12.3 Å². The molecule has 0 saturated carbocycles. The normalized spacial score (nSPS) is 19.4. The fourth-order valence-corrected chi connectivity index (χ4v) is 2.14. The monoisotopic (exact) mass is 267 g/mol. The lowest BCUT2D eigenvalue weighted by Gasteiger charge is -2.32. The van der Waals surface area contributed by atoms with Gasteiger partial charge in [0.05, 0.1) is 22.8 Å². The van der Waals surface area contributed by atoms with Crippen molar-refractivity contribution in [2.75, 3.05) is 0 Å². The minimum absolute atomic E-state index is 0.390. The van der Waals surface area contributed by atoms with Crippen LogP contribution in [0.25, 0.3) is 0 Å². The molecule has 1 aromatic rings. The van der Waals surface area contributed by atoms with E-state index in [0.29, 0.717) is 12.0 Å². The molecule has 0 radical (unpaired) electrons. The highest BCUT2D eigenvalue weighted by atomic mass is 16.7. The second-order valence-corrected chi connectivity index (χ2v) is 5.99. The molecular formula is C16H18BNO2. The molecule has 1 aliphatic heterocycles. The highest BCUT2D eigenvalue weighted by Gasteiger charge is 2.52. The van der Waals surface area contributed by atoms with Crippen LogP contribution in [-0.2, 0) is 15.7 Å². The summed E-state index contributed by atoms with van der Waals surface area (Å²) in [5, 5.41) is 8.99. The molecule has 20 heavy (non-hydrogen) atoms. The first-order chi connectivity index (χ1) is 9.30. The van der Waals surface area contributed by atoms with Crippen molar-refractivity contribution in [2.45, 2.75) is 45.3 Å². The first kappa shape index (κ1) is 14.7. The van der Waals surface area contributed by atoms with E-state index in [-0.39, 0.29) is 11.2 Å². The van der Waals surface area contributed by atoms with Crippen molar-refractivity contribution < 1.29 is 9.31 Å². The zero-order valence-corrected chi connectivity index (χ0v) is 12.4. The fraction of sp³-hybridized carbons (Fsp3) is 0.438. The second-order valence-electron chi connectivity index (χ2n) is 5.99. The van der Waals surface area contributed by atoms with Crippen molar-refractivity contribution in [3.8, 4) is 18.4 Å². The van der Waals surface area contributed by atoms with Crippen molar-refractivity contribution in [3.63, 3.8) is 0 Å². The summed E-state index contributed by atoms with van der Waals surface area (Å²) in [6.45, 7) is 8.05. The van der Waals surface area contributed by atoms with Crippen molar-refractivity contribution in [1.82, 2.24) is 0 Å². The van der Waals surface area contributed by atoms with Gasteiger partial charge >= 0.3 is 7.12 Å². The molecular weight excluding hydrogens is 249 g/mol. The number of rotatable bonds is 2. The molecule has 1 saturated heterocycles. The molecule has 0 aromatic heterocycles. The molecule has 1 fully saturated rings. The number of hydrogen-bond donors (Lipinski definition) is 0. The van der Waals surface area contributed by atoms with Gasteiger partial charge in [0, 0.05) is 6.42 Å². The van der Waals surface area contributed by atoms with Crippen molar-refractivity contribution in [2.24, 2.45) is 0 Å². The third-order valence-corrected chi connectivity index (χ3v) is 4.07. The predicted molar refractivity (Wildman–Crippen MR) is 79.4 cm³/mol.